The Kier molecular flexibility index (Phi) is 6.08. The van der Waals surface area contributed by atoms with Crippen molar-refractivity contribution >= 4 is 16.6 Å². The number of nitrogens with one attached hydrogen (secondary N) is 2. The Bertz CT molecular complexity index is 1130. The van der Waals surface area contributed by atoms with Gasteiger partial charge in [0.05, 0.1) is 31.6 Å². The van der Waals surface area contributed by atoms with Gasteiger partial charge >= 0.3 is 0 Å². The molecule has 3 heterocycles. The number of pyridine rings is 1. The molecule has 0 radical (unpaired) electrons. The van der Waals surface area contributed by atoms with Crippen LogP contribution in [0.2, 0.25) is 0 Å². The molecule has 31 heavy (non-hydrogen) atoms. The van der Waals surface area contributed by atoms with Crippen LogP contribution in [-0.2, 0) is 0 Å². The van der Waals surface area contributed by atoms with E-state index in [1.54, 1.807) is 25.4 Å². The van der Waals surface area contributed by atoms with Gasteiger partial charge in [-0.3, -0.25) is 14.7 Å². The quantitative estimate of drug-likeness (QED) is 0.625. The van der Waals surface area contributed by atoms with Crippen LogP contribution in [0.1, 0.15) is 33.1 Å². The van der Waals surface area contributed by atoms with E-state index in [2.05, 4.69) is 34.0 Å². The van der Waals surface area contributed by atoms with Crippen molar-refractivity contribution in [2.45, 2.75) is 45.3 Å². The van der Waals surface area contributed by atoms with Crippen molar-refractivity contribution < 1.29 is 9.47 Å². The molecule has 3 aromatic rings. The zero-order chi connectivity index (χ0) is 22.0. The number of fused-ring (bicyclic) bond motifs is 1. The van der Waals surface area contributed by atoms with E-state index >= 15 is 0 Å². The summed E-state index contributed by atoms with van der Waals surface area (Å²) in [5.41, 5.74) is 1.67. The molecule has 8 nitrogen and oxygen atoms in total. The van der Waals surface area contributed by atoms with E-state index in [0.29, 0.717) is 40.0 Å². The van der Waals surface area contributed by atoms with Gasteiger partial charge in [0.15, 0.2) is 5.82 Å². The Morgan fingerprint density at radius 2 is 2.06 bits per heavy atom. The number of piperidine rings is 1. The van der Waals surface area contributed by atoms with Crippen molar-refractivity contribution in [2.75, 3.05) is 26.1 Å². The number of H-pyrrole nitrogens is 1. The molecule has 1 atom stereocenters. The number of aromatic nitrogens is 3. The fraction of sp³-hybridized carbons (Fsp3) is 0.435. The van der Waals surface area contributed by atoms with Gasteiger partial charge in [-0.25, -0.2) is 4.98 Å². The van der Waals surface area contributed by atoms with Crippen molar-refractivity contribution in [2.24, 2.45) is 0 Å². The number of aromatic amines is 1. The Morgan fingerprint density at radius 1 is 1.23 bits per heavy atom. The molecule has 0 amide bonds. The normalized spacial score (nSPS) is 17.1. The Hall–Kier alpha value is -3.13. The lowest BCUT2D eigenvalue weighted by Crippen LogP contribution is -2.48. The Labute approximate surface area is 181 Å². The number of hydrogen-bond acceptors (Lipinski definition) is 7. The summed E-state index contributed by atoms with van der Waals surface area (Å²) >= 11 is 0. The van der Waals surface area contributed by atoms with Crippen molar-refractivity contribution in [1.82, 2.24) is 19.9 Å². The molecular formula is C23H29N5O3. The summed E-state index contributed by atoms with van der Waals surface area (Å²) in [6.07, 6.45) is 5.37. The monoisotopic (exact) mass is 423 g/mol. The molecular weight excluding hydrogens is 394 g/mol. The highest BCUT2D eigenvalue weighted by molar-refractivity contribution is 5.87. The molecule has 1 saturated heterocycles. The topological polar surface area (TPSA) is 92.4 Å². The van der Waals surface area contributed by atoms with Gasteiger partial charge in [0.2, 0.25) is 0 Å². The molecule has 0 bridgehead atoms. The average molecular weight is 424 g/mol. The van der Waals surface area contributed by atoms with Gasteiger partial charge in [-0.15, -0.1) is 0 Å². The molecule has 164 valence electrons. The van der Waals surface area contributed by atoms with Crippen LogP contribution in [0.25, 0.3) is 22.4 Å². The summed E-state index contributed by atoms with van der Waals surface area (Å²) in [7, 11) is 3.09. The molecule has 0 aliphatic carbocycles. The van der Waals surface area contributed by atoms with Crippen LogP contribution in [0.3, 0.4) is 0 Å². The molecule has 1 fully saturated rings. The largest absolute Gasteiger partial charge is 0.497 e. The molecule has 0 saturated carbocycles. The van der Waals surface area contributed by atoms with Crippen LogP contribution in [0.15, 0.2) is 35.3 Å². The predicted molar refractivity (Wildman–Crippen MR) is 122 cm³/mol. The molecule has 8 heteroatoms. The maximum absolute atomic E-state index is 12.9. The lowest BCUT2D eigenvalue weighted by molar-refractivity contribution is 0.129. The minimum atomic E-state index is -0.280. The smallest absolute Gasteiger partial charge is 0.262 e. The number of benzene rings is 1. The highest BCUT2D eigenvalue weighted by Crippen LogP contribution is 2.31. The zero-order valence-electron chi connectivity index (χ0n) is 18.4. The standard InChI is InChI=1S/C23H29N5O3/c1-14(2)28-11-6-5-9-19(28)25-16-8-7-10-24-21(16)22-26-17-12-15(30-3)13-18(31-4)20(17)23(29)27-22/h7-8,10,12-14,19,25H,5-6,9,11H2,1-4H3,(H,26,27,29). The number of ether oxygens (including phenoxy) is 2. The minimum absolute atomic E-state index is 0.212. The third kappa shape index (κ3) is 4.20. The molecule has 1 unspecified atom stereocenters. The third-order valence-electron chi connectivity index (χ3n) is 5.76. The van der Waals surface area contributed by atoms with E-state index in [1.807, 2.05) is 12.1 Å². The maximum Gasteiger partial charge on any atom is 0.262 e. The molecule has 4 rings (SSSR count). The number of nitrogens with zero attached hydrogens (tertiary/aromatic N) is 3. The summed E-state index contributed by atoms with van der Waals surface area (Å²) in [5, 5.41) is 4.03. The second-order valence-electron chi connectivity index (χ2n) is 8.03. The van der Waals surface area contributed by atoms with Crippen molar-refractivity contribution in [1.29, 1.82) is 0 Å². The number of methoxy groups -OCH3 is 2. The van der Waals surface area contributed by atoms with Gasteiger partial charge in [-0.2, -0.15) is 0 Å². The Balaban J connectivity index is 1.78. The van der Waals surface area contributed by atoms with E-state index in [-0.39, 0.29) is 11.7 Å². The minimum Gasteiger partial charge on any atom is -0.497 e. The summed E-state index contributed by atoms with van der Waals surface area (Å²) in [6.45, 7) is 5.50. The third-order valence-corrected chi connectivity index (χ3v) is 5.76. The zero-order valence-corrected chi connectivity index (χ0v) is 18.4. The van der Waals surface area contributed by atoms with E-state index in [4.69, 9.17) is 14.5 Å². The second-order valence-corrected chi connectivity index (χ2v) is 8.03. The molecule has 1 aliphatic rings. The van der Waals surface area contributed by atoms with Crippen molar-refractivity contribution in [3.8, 4) is 23.0 Å². The van der Waals surface area contributed by atoms with E-state index in [9.17, 15) is 4.79 Å². The number of hydrogen-bond donors (Lipinski definition) is 2. The summed E-state index contributed by atoms with van der Waals surface area (Å²) in [5.74, 6) is 1.40. The van der Waals surface area contributed by atoms with Gasteiger partial charge in [0.1, 0.15) is 22.6 Å². The summed E-state index contributed by atoms with van der Waals surface area (Å²) < 4.78 is 10.7. The SMILES string of the molecule is COc1cc(OC)c2c(=O)[nH]c(-c3ncccc3NC3CCCCN3C(C)C)nc2c1. The van der Waals surface area contributed by atoms with Crippen molar-refractivity contribution in [3.05, 3.63) is 40.8 Å². The first-order chi connectivity index (χ1) is 15.0. The molecule has 1 aromatic carbocycles. The second kappa shape index (κ2) is 8.93. The van der Waals surface area contributed by atoms with Gasteiger partial charge < -0.3 is 19.8 Å². The van der Waals surface area contributed by atoms with Gasteiger partial charge in [-0.05, 0) is 45.2 Å². The fourth-order valence-electron chi connectivity index (χ4n) is 4.22. The molecule has 2 aromatic heterocycles. The van der Waals surface area contributed by atoms with Gasteiger partial charge in [0, 0.05) is 30.9 Å². The number of anilines is 1. The molecule has 1 aliphatic heterocycles. The van der Waals surface area contributed by atoms with E-state index in [1.165, 1.54) is 20.0 Å². The van der Waals surface area contributed by atoms with Crippen LogP contribution in [-0.4, -0.2) is 52.8 Å². The average Bonchev–Trinajstić information content (AvgIpc) is 2.78. The Morgan fingerprint density at radius 3 is 2.81 bits per heavy atom. The first kappa shape index (κ1) is 21.1. The van der Waals surface area contributed by atoms with E-state index in [0.717, 1.165) is 18.7 Å². The number of likely N-dealkylation sites (tertiary alicyclic amines) is 1. The fourth-order valence-corrected chi connectivity index (χ4v) is 4.22. The molecule has 2 N–H and O–H groups in total. The first-order valence-corrected chi connectivity index (χ1v) is 10.7. The van der Waals surface area contributed by atoms with Crippen LogP contribution >= 0.6 is 0 Å². The van der Waals surface area contributed by atoms with Crippen molar-refractivity contribution in [3.63, 3.8) is 0 Å². The summed E-state index contributed by atoms with van der Waals surface area (Å²) in [6, 6.07) is 7.71. The van der Waals surface area contributed by atoms with E-state index < -0.39 is 0 Å². The van der Waals surface area contributed by atoms with Crippen LogP contribution in [0.4, 0.5) is 5.69 Å². The highest BCUT2D eigenvalue weighted by Gasteiger charge is 2.25. The molecule has 0 spiro atoms. The highest BCUT2D eigenvalue weighted by atomic mass is 16.5. The predicted octanol–water partition coefficient (Wildman–Crippen LogP) is 3.63. The van der Waals surface area contributed by atoms with Crippen LogP contribution < -0.4 is 20.3 Å². The number of rotatable bonds is 6. The first-order valence-electron chi connectivity index (χ1n) is 10.7. The van der Waals surface area contributed by atoms with Crippen LogP contribution in [0.5, 0.6) is 11.5 Å². The van der Waals surface area contributed by atoms with Gasteiger partial charge in [0.25, 0.3) is 5.56 Å². The lowest BCUT2D eigenvalue weighted by atomic mass is 10.1. The van der Waals surface area contributed by atoms with Crippen LogP contribution in [0, 0.1) is 0 Å². The lowest BCUT2D eigenvalue weighted by Gasteiger charge is -2.39. The summed E-state index contributed by atoms with van der Waals surface area (Å²) in [4.78, 5) is 27.5. The van der Waals surface area contributed by atoms with Gasteiger partial charge in [-0.1, -0.05) is 0 Å². The maximum atomic E-state index is 12.9.